The zero-order valence-electron chi connectivity index (χ0n) is 12.8. The van der Waals surface area contributed by atoms with Crippen molar-refractivity contribution < 1.29 is 4.79 Å². The van der Waals surface area contributed by atoms with Gasteiger partial charge in [0.2, 0.25) is 0 Å². The van der Waals surface area contributed by atoms with E-state index in [2.05, 4.69) is 20.4 Å². The second kappa shape index (κ2) is 5.64. The third-order valence-corrected chi connectivity index (χ3v) is 4.35. The molecule has 2 aliphatic rings. The van der Waals surface area contributed by atoms with Crippen LogP contribution < -0.4 is 10.9 Å². The molecule has 3 heterocycles. The molecular weight excluding hydrogens is 294 g/mol. The number of nitrogens with zero attached hydrogens (tertiary/aromatic N) is 3. The van der Waals surface area contributed by atoms with Gasteiger partial charge in [-0.3, -0.25) is 14.3 Å². The minimum atomic E-state index is -0.330. The zero-order valence-corrected chi connectivity index (χ0v) is 12.8. The Morgan fingerprint density at radius 1 is 1.35 bits per heavy atom. The van der Waals surface area contributed by atoms with Crippen LogP contribution in [-0.4, -0.2) is 25.7 Å². The highest BCUT2D eigenvalue weighted by molar-refractivity contribution is 5.92. The van der Waals surface area contributed by atoms with E-state index in [1.807, 2.05) is 10.7 Å². The summed E-state index contributed by atoms with van der Waals surface area (Å²) in [4.78, 5) is 30.9. The fourth-order valence-electron chi connectivity index (χ4n) is 2.97. The SMILES string of the molecule is O=C(NCc1cc2n(n1)CCCC2)c1cc(=O)[nH]c(C2CC2)n1. The summed E-state index contributed by atoms with van der Waals surface area (Å²) in [6.07, 6.45) is 5.43. The first-order chi connectivity index (χ1) is 11.2. The number of H-pyrrole nitrogens is 1. The number of rotatable bonds is 4. The highest BCUT2D eigenvalue weighted by Gasteiger charge is 2.27. The zero-order chi connectivity index (χ0) is 15.8. The van der Waals surface area contributed by atoms with E-state index in [1.165, 1.54) is 18.2 Å². The van der Waals surface area contributed by atoms with E-state index in [9.17, 15) is 9.59 Å². The molecule has 0 spiro atoms. The summed E-state index contributed by atoms with van der Waals surface area (Å²) in [5.74, 6) is 0.597. The molecule has 1 aliphatic carbocycles. The van der Waals surface area contributed by atoms with Crippen molar-refractivity contribution in [2.45, 2.75) is 51.1 Å². The second-order valence-electron chi connectivity index (χ2n) is 6.28. The number of aromatic amines is 1. The van der Waals surface area contributed by atoms with Crippen molar-refractivity contribution in [3.05, 3.63) is 45.4 Å². The van der Waals surface area contributed by atoms with E-state index >= 15 is 0 Å². The number of amides is 1. The Hall–Kier alpha value is -2.44. The highest BCUT2D eigenvalue weighted by atomic mass is 16.2. The third kappa shape index (κ3) is 3.04. The Morgan fingerprint density at radius 3 is 3.00 bits per heavy atom. The van der Waals surface area contributed by atoms with Gasteiger partial charge >= 0.3 is 0 Å². The Bertz CT molecular complexity index is 780. The van der Waals surface area contributed by atoms with E-state index in [-0.39, 0.29) is 17.2 Å². The van der Waals surface area contributed by atoms with Crippen molar-refractivity contribution in [2.24, 2.45) is 0 Å². The molecule has 120 valence electrons. The molecule has 7 heteroatoms. The molecule has 1 saturated carbocycles. The van der Waals surface area contributed by atoms with Crippen molar-refractivity contribution in [1.82, 2.24) is 25.1 Å². The van der Waals surface area contributed by atoms with E-state index in [0.29, 0.717) is 18.3 Å². The van der Waals surface area contributed by atoms with Crippen LogP contribution in [0.5, 0.6) is 0 Å². The predicted molar refractivity (Wildman–Crippen MR) is 83.2 cm³/mol. The number of carbonyl (C=O) groups is 1. The molecule has 0 saturated heterocycles. The van der Waals surface area contributed by atoms with Gasteiger partial charge in [-0.2, -0.15) is 5.10 Å². The summed E-state index contributed by atoms with van der Waals surface area (Å²) in [5, 5.41) is 7.31. The molecule has 0 atom stereocenters. The summed E-state index contributed by atoms with van der Waals surface area (Å²) in [6.45, 7) is 1.30. The Labute approximate surface area is 133 Å². The molecule has 0 unspecified atom stereocenters. The van der Waals surface area contributed by atoms with Gasteiger partial charge in [0.15, 0.2) is 0 Å². The lowest BCUT2D eigenvalue weighted by molar-refractivity contribution is 0.0944. The van der Waals surface area contributed by atoms with Gasteiger partial charge < -0.3 is 10.3 Å². The van der Waals surface area contributed by atoms with Gasteiger partial charge in [-0.25, -0.2) is 4.98 Å². The van der Waals surface area contributed by atoms with Gasteiger partial charge in [0.1, 0.15) is 11.5 Å². The minimum absolute atomic E-state index is 0.180. The van der Waals surface area contributed by atoms with Crippen LogP contribution in [0.4, 0.5) is 0 Å². The smallest absolute Gasteiger partial charge is 0.270 e. The Balaban J connectivity index is 1.45. The fraction of sp³-hybridized carbons (Fsp3) is 0.500. The lowest BCUT2D eigenvalue weighted by atomic mass is 10.1. The summed E-state index contributed by atoms with van der Waals surface area (Å²) in [6, 6.07) is 3.29. The molecule has 1 fully saturated rings. The van der Waals surface area contributed by atoms with Gasteiger partial charge in [0.25, 0.3) is 11.5 Å². The van der Waals surface area contributed by atoms with Crippen molar-refractivity contribution in [3.8, 4) is 0 Å². The fourth-order valence-corrected chi connectivity index (χ4v) is 2.97. The van der Waals surface area contributed by atoms with Crippen LogP contribution in [0, 0.1) is 0 Å². The first-order valence-electron chi connectivity index (χ1n) is 8.14. The van der Waals surface area contributed by atoms with E-state index < -0.39 is 0 Å². The van der Waals surface area contributed by atoms with E-state index in [4.69, 9.17) is 0 Å². The quantitative estimate of drug-likeness (QED) is 0.884. The van der Waals surface area contributed by atoms with Crippen LogP contribution >= 0.6 is 0 Å². The van der Waals surface area contributed by atoms with Crippen molar-refractivity contribution in [3.63, 3.8) is 0 Å². The summed E-state index contributed by atoms with van der Waals surface area (Å²) in [7, 11) is 0. The summed E-state index contributed by atoms with van der Waals surface area (Å²) in [5.41, 5.74) is 1.98. The van der Waals surface area contributed by atoms with Gasteiger partial charge in [-0.05, 0) is 38.2 Å². The number of fused-ring (bicyclic) bond motifs is 1. The Morgan fingerprint density at radius 2 is 2.22 bits per heavy atom. The van der Waals surface area contributed by atoms with Gasteiger partial charge in [-0.1, -0.05) is 0 Å². The van der Waals surface area contributed by atoms with Crippen LogP contribution in [0.3, 0.4) is 0 Å². The molecule has 1 amide bonds. The second-order valence-corrected chi connectivity index (χ2v) is 6.28. The minimum Gasteiger partial charge on any atom is -0.345 e. The molecule has 0 radical (unpaired) electrons. The molecule has 7 nitrogen and oxygen atoms in total. The molecule has 2 aromatic heterocycles. The number of aromatic nitrogens is 4. The average molecular weight is 313 g/mol. The Kier molecular flexibility index (Phi) is 3.48. The predicted octanol–water partition coefficient (Wildman–Crippen LogP) is 1.11. The molecule has 4 rings (SSSR count). The highest BCUT2D eigenvalue weighted by Crippen LogP contribution is 2.37. The summed E-state index contributed by atoms with van der Waals surface area (Å²) >= 11 is 0. The van der Waals surface area contributed by atoms with Crippen molar-refractivity contribution >= 4 is 5.91 Å². The average Bonchev–Trinajstić information content (AvgIpc) is 3.31. The maximum absolute atomic E-state index is 12.2. The summed E-state index contributed by atoms with van der Waals surface area (Å²) < 4.78 is 2.02. The number of nitrogens with one attached hydrogen (secondary N) is 2. The molecule has 0 aromatic carbocycles. The van der Waals surface area contributed by atoms with Crippen LogP contribution in [0.2, 0.25) is 0 Å². The topological polar surface area (TPSA) is 92.7 Å². The van der Waals surface area contributed by atoms with Gasteiger partial charge in [0, 0.05) is 24.2 Å². The van der Waals surface area contributed by atoms with Crippen LogP contribution in [-0.2, 0) is 19.5 Å². The molecule has 1 aliphatic heterocycles. The molecule has 2 N–H and O–H groups in total. The first kappa shape index (κ1) is 14.2. The van der Waals surface area contributed by atoms with Crippen LogP contribution in [0.1, 0.15) is 59.3 Å². The number of hydrogen-bond donors (Lipinski definition) is 2. The molecule has 2 aromatic rings. The van der Waals surface area contributed by atoms with Gasteiger partial charge in [0.05, 0.1) is 12.2 Å². The third-order valence-electron chi connectivity index (χ3n) is 4.35. The molecule has 0 bridgehead atoms. The largest absolute Gasteiger partial charge is 0.345 e. The van der Waals surface area contributed by atoms with Crippen molar-refractivity contribution in [2.75, 3.05) is 0 Å². The molecular formula is C16H19N5O2. The van der Waals surface area contributed by atoms with Crippen molar-refractivity contribution in [1.29, 1.82) is 0 Å². The number of aryl methyl sites for hydroxylation is 2. The number of hydrogen-bond acceptors (Lipinski definition) is 4. The monoisotopic (exact) mass is 313 g/mol. The van der Waals surface area contributed by atoms with Crippen LogP contribution in [0.25, 0.3) is 0 Å². The standard InChI is InChI=1S/C16H19N5O2/c22-14-8-13(18-15(19-14)10-4-5-10)16(23)17-9-11-7-12-3-1-2-6-21(12)20-11/h7-8,10H,1-6,9H2,(H,17,23)(H,18,19,22). The van der Waals surface area contributed by atoms with E-state index in [0.717, 1.165) is 37.9 Å². The van der Waals surface area contributed by atoms with Crippen LogP contribution in [0.15, 0.2) is 16.9 Å². The maximum atomic E-state index is 12.2. The molecule has 23 heavy (non-hydrogen) atoms. The van der Waals surface area contributed by atoms with E-state index in [1.54, 1.807) is 0 Å². The first-order valence-corrected chi connectivity index (χ1v) is 8.14. The lowest BCUT2D eigenvalue weighted by Crippen LogP contribution is -2.26. The lowest BCUT2D eigenvalue weighted by Gasteiger charge is -2.11. The normalized spacial score (nSPS) is 16.9. The maximum Gasteiger partial charge on any atom is 0.270 e. The number of carbonyl (C=O) groups excluding carboxylic acids is 1. The van der Waals surface area contributed by atoms with Gasteiger partial charge in [-0.15, -0.1) is 0 Å².